The molecule has 1 aromatic carbocycles. The molecule has 5 nitrogen and oxygen atoms in total. The lowest BCUT2D eigenvalue weighted by Crippen LogP contribution is -2.41. The maximum absolute atomic E-state index is 14.0. The molecule has 0 fully saturated rings. The van der Waals surface area contributed by atoms with Crippen molar-refractivity contribution in [1.29, 1.82) is 0 Å². The number of aliphatic hydroxyl groups excluding tert-OH is 1. The summed E-state index contributed by atoms with van der Waals surface area (Å²) < 4.78 is 40.8. The van der Waals surface area contributed by atoms with Crippen molar-refractivity contribution in [2.75, 3.05) is 18.9 Å². The van der Waals surface area contributed by atoms with E-state index < -0.39 is 20.7 Å². The molecule has 0 aliphatic rings. The zero-order valence-electron chi connectivity index (χ0n) is 12.0. The van der Waals surface area contributed by atoms with Crippen LogP contribution < -0.4 is 5.73 Å². The summed E-state index contributed by atoms with van der Waals surface area (Å²) in [5, 5.41) is 9.12. The Morgan fingerprint density at radius 3 is 2.43 bits per heavy atom. The van der Waals surface area contributed by atoms with E-state index in [4.69, 9.17) is 10.8 Å². The highest BCUT2D eigenvalue weighted by molar-refractivity contribution is 9.10. The van der Waals surface area contributed by atoms with Crippen LogP contribution in [-0.4, -0.2) is 37.0 Å². The molecule has 1 rings (SSSR count). The standard InChI is InChI=1S/C13H20BrFN2O3S/c1-3-9(4-2)17(5-6-18)21(19,20)13-8-12(16)10(14)7-11(13)15/h7-9,18H,3-6,16H2,1-2H3. The number of hydrogen-bond acceptors (Lipinski definition) is 4. The van der Waals surface area contributed by atoms with Gasteiger partial charge in [0.25, 0.3) is 0 Å². The first kappa shape index (κ1) is 18.3. The number of anilines is 1. The van der Waals surface area contributed by atoms with E-state index in [-0.39, 0.29) is 24.9 Å². The van der Waals surface area contributed by atoms with Gasteiger partial charge in [0.1, 0.15) is 10.7 Å². The first-order chi connectivity index (χ1) is 9.79. The Morgan fingerprint density at radius 2 is 1.95 bits per heavy atom. The van der Waals surface area contributed by atoms with Crippen LogP contribution in [-0.2, 0) is 10.0 Å². The molecule has 8 heteroatoms. The average Bonchev–Trinajstić information content (AvgIpc) is 2.43. The predicted molar refractivity (Wildman–Crippen MR) is 83.9 cm³/mol. The van der Waals surface area contributed by atoms with Gasteiger partial charge in [-0.05, 0) is 40.9 Å². The molecular weight excluding hydrogens is 363 g/mol. The highest BCUT2D eigenvalue weighted by Gasteiger charge is 2.32. The van der Waals surface area contributed by atoms with Crippen LogP contribution in [0, 0.1) is 5.82 Å². The van der Waals surface area contributed by atoms with Crippen molar-refractivity contribution in [3.63, 3.8) is 0 Å². The van der Waals surface area contributed by atoms with Crippen LogP contribution in [0.5, 0.6) is 0 Å². The van der Waals surface area contributed by atoms with E-state index in [0.29, 0.717) is 17.3 Å². The number of rotatable bonds is 7. The molecule has 0 radical (unpaired) electrons. The fourth-order valence-electron chi connectivity index (χ4n) is 2.16. The van der Waals surface area contributed by atoms with E-state index in [1.54, 1.807) is 0 Å². The van der Waals surface area contributed by atoms with Crippen molar-refractivity contribution >= 4 is 31.6 Å². The second kappa shape index (κ2) is 7.53. The van der Waals surface area contributed by atoms with Crippen molar-refractivity contribution in [2.24, 2.45) is 0 Å². The molecule has 120 valence electrons. The SMILES string of the molecule is CCC(CC)N(CCO)S(=O)(=O)c1cc(N)c(Br)cc1F. The summed E-state index contributed by atoms with van der Waals surface area (Å²) in [5.41, 5.74) is 5.80. The maximum Gasteiger partial charge on any atom is 0.246 e. The van der Waals surface area contributed by atoms with E-state index in [2.05, 4.69) is 15.9 Å². The number of aliphatic hydroxyl groups is 1. The summed E-state index contributed by atoms with van der Waals surface area (Å²) in [6.45, 7) is 3.29. The normalized spacial score (nSPS) is 12.3. The van der Waals surface area contributed by atoms with Gasteiger partial charge >= 0.3 is 0 Å². The number of nitrogens with zero attached hydrogens (tertiary/aromatic N) is 1. The quantitative estimate of drug-likeness (QED) is 0.708. The Labute approximate surface area is 133 Å². The summed E-state index contributed by atoms with van der Waals surface area (Å²) in [6, 6.07) is 1.83. The summed E-state index contributed by atoms with van der Waals surface area (Å²) >= 11 is 3.06. The fraction of sp³-hybridized carbons (Fsp3) is 0.538. The largest absolute Gasteiger partial charge is 0.398 e. The Kier molecular flexibility index (Phi) is 6.58. The highest BCUT2D eigenvalue weighted by Crippen LogP contribution is 2.29. The zero-order valence-corrected chi connectivity index (χ0v) is 14.4. The second-order valence-electron chi connectivity index (χ2n) is 4.61. The number of benzene rings is 1. The molecule has 0 bridgehead atoms. The summed E-state index contributed by atoms with van der Waals surface area (Å²) in [4.78, 5) is -0.469. The Bertz CT molecular complexity index is 591. The van der Waals surface area contributed by atoms with Gasteiger partial charge in [0, 0.05) is 22.7 Å². The van der Waals surface area contributed by atoms with Crippen molar-refractivity contribution in [3.8, 4) is 0 Å². The molecule has 0 aromatic heterocycles. The second-order valence-corrected chi connectivity index (χ2v) is 7.33. The van der Waals surface area contributed by atoms with Crippen LogP contribution >= 0.6 is 15.9 Å². The minimum absolute atomic E-state index is 0.0793. The summed E-state index contributed by atoms with van der Waals surface area (Å²) in [6.07, 6.45) is 1.15. The third-order valence-corrected chi connectivity index (χ3v) is 5.96. The van der Waals surface area contributed by atoms with Gasteiger partial charge in [0.15, 0.2) is 0 Å². The topological polar surface area (TPSA) is 83.6 Å². The van der Waals surface area contributed by atoms with Gasteiger partial charge in [-0.3, -0.25) is 0 Å². The lowest BCUT2D eigenvalue weighted by Gasteiger charge is -2.29. The predicted octanol–water partition coefficient (Wildman–Crippen LogP) is 2.34. The maximum atomic E-state index is 14.0. The molecule has 0 aliphatic carbocycles. The first-order valence-corrected chi connectivity index (χ1v) is 8.90. The zero-order chi connectivity index (χ0) is 16.2. The average molecular weight is 383 g/mol. The molecule has 3 N–H and O–H groups in total. The first-order valence-electron chi connectivity index (χ1n) is 6.66. The van der Waals surface area contributed by atoms with Crippen molar-refractivity contribution in [2.45, 2.75) is 37.6 Å². The molecule has 1 aromatic rings. The fourth-order valence-corrected chi connectivity index (χ4v) is 4.32. The van der Waals surface area contributed by atoms with Gasteiger partial charge in [-0.15, -0.1) is 0 Å². The third-order valence-electron chi connectivity index (χ3n) is 3.31. The molecule has 0 atom stereocenters. The molecule has 0 amide bonds. The van der Waals surface area contributed by atoms with Crippen molar-refractivity contribution in [1.82, 2.24) is 4.31 Å². The van der Waals surface area contributed by atoms with E-state index in [0.717, 1.165) is 16.4 Å². The van der Waals surface area contributed by atoms with Crippen LogP contribution in [0.3, 0.4) is 0 Å². The number of hydrogen-bond donors (Lipinski definition) is 2. The molecule has 0 spiro atoms. The van der Waals surface area contributed by atoms with E-state index >= 15 is 0 Å². The molecule has 21 heavy (non-hydrogen) atoms. The molecular formula is C13H20BrFN2O3S. The van der Waals surface area contributed by atoms with Gasteiger partial charge in [-0.25, -0.2) is 12.8 Å². The Hall–Kier alpha value is -0.700. The van der Waals surface area contributed by atoms with Gasteiger partial charge in [0.2, 0.25) is 10.0 Å². The van der Waals surface area contributed by atoms with Gasteiger partial charge in [-0.2, -0.15) is 4.31 Å². The number of halogens is 2. The molecule has 0 unspecified atom stereocenters. The molecule has 0 saturated heterocycles. The monoisotopic (exact) mass is 382 g/mol. The Balaban J connectivity index is 3.38. The van der Waals surface area contributed by atoms with Gasteiger partial charge in [0.05, 0.1) is 6.61 Å². The van der Waals surface area contributed by atoms with Crippen molar-refractivity contribution < 1.29 is 17.9 Å². The van der Waals surface area contributed by atoms with E-state index in [1.807, 2.05) is 13.8 Å². The number of nitrogen functional groups attached to an aromatic ring is 1. The number of sulfonamides is 1. The van der Waals surface area contributed by atoms with Gasteiger partial charge < -0.3 is 10.8 Å². The summed E-state index contributed by atoms with van der Waals surface area (Å²) in [5.74, 6) is -0.870. The van der Waals surface area contributed by atoms with Crippen LogP contribution in [0.15, 0.2) is 21.5 Å². The van der Waals surface area contributed by atoms with Crippen LogP contribution in [0.25, 0.3) is 0 Å². The highest BCUT2D eigenvalue weighted by atomic mass is 79.9. The number of nitrogens with two attached hydrogens (primary N) is 1. The van der Waals surface area contributed by atoms with Gasteiger partial charge in [-0.1, -0.05) is 13.8 Å². The van der Waals surface area contributed by atoms with E-state index in [9.17, 15) is 12.8 Å². The minimum atomic E-state index is -4.06. The molecule has 0 saturated carbocycles. The smallest absolute Gasteiger partial charge is 0.246 e. The lowest BCUT2D eigenvalue weighted by molar-refractivity contribution is 0.219. The Morgan fingerprint density at radius 1 is 1.38 bits per heavy atom. The third kappa shape index (κ3) is 3.94. The van der Waals surface area contributed by atoms with Crippen molar-refractivity contribution in [3.05, 3.63) is 22.4 Å². The molecule has 0 heterocycles. The van der Waals surface area contributed by atoms with Crippen LogP contribution in [0.1, 0.15) is 26.7 Å². The minimum Gasteiger partial charge on any atom is -0.398 e. The van der Waals surface area contributed by atoms with Crippen LogP contribution in [0.2, 0.25) is 0 Å². The lowest BCUT2D eigenvalue weighted by atomic mass is 10.2. The summed E-state index contributed by atoms with van der Waals surface area (Å²) in [7, 11) is -4.06. The molecule has 0 aliphatic heterocycles. The van der Waals surface area contributed by atoms with Crippen LogP contribution in [0.4, 0.5) is 10.1 Å². The van der Waals surface area contributed by atoms with E-state index in [1.165, 1.54) is 0 Å².